The Morgan fingerprint density at radius 3 is 2.91 bits per heavy atom. The first kappa shape index (κ1) is 15.8. The highest BCUT2D eigenvalue weighted by Crippen LogP contribution is 2.22. The van der Waals surface area contributed by atoms with E-state index in [1.54, 1.807) is 0 Å². The maximum Gasteiger partial charge on any atom is 0.152 e. The average Bonchev–Trinajstić information content (AvgIpc) is 2.60. The zero-order chi connectivity index (χ0) is 16.1. The van der Waals surface area contributed by atoms with Crippen molar-refractivity contribution in [1.82, 2.24) is 5.32 Å². The number of ketones is 1. The van der Waals surface area contributed by atoms with Crippen molar-refractivity contribution in [2.45, 2.75) is 31.4 Å². The van der Waals surface area contributed by atoms with Crippen molar-refractivity contribution in [2.75, 3.05) is 13.2 Å². The average molecular weight is 311 g/mol. The van der Waals surface area contributed by atoms with Crippen LogP contribution in [0.5, 0.6) is 0 Å². The Morgan fingerprint density at radius 2 is 2.04 bits per heavy atom. The number of hydrogen-bond acceptors (Lipinski definition) is 4. The monoisotopic (exact) mass is 311 g/mol. The predicted molar refractivity (Wildman–Crippen MR) is 89.5 cm³/mol. The molecule has 1 saturated heterocycles. The van der Waals surface area contributed by atoms with Gasteiger partial charge >= 0.3 is 0 Å². The van der Waals surface area contributed by atoms with Gasteiger partial charge in [-0.05, 0) is 16.3 Å². The second-order valence-electron chi connectivity index (χ2n) is 5.86. The third-order valence-electron chi connectivity index (χ3n) is 4.33. The van der Waals surface area contributed by atoms with Gasteiger partial charge in [-0.15, -0.1) is 0 Å². The van der Waals surface area contributed by atoms with Crippen LogP contribution in [0.3, 0.4) is 0 Å². The third-order valence-corrected chi connectivity index (χ3v) is 4.33. The zero-order valence-corrected chi connectivity index (χ0v) is 13.0. The molecule has 1 aliphatic heterocycles. The zero-order valence-electron chi connectivity index (χ0n) is 13.0. The number of rotatable bonds is 6. The Morgan fingerprint density at radius 1 is 1.22 bits per heavy atom. The highest BCUT2D eigenvalue weighted by Gasteiger charge is 2.31. The lowest BCUT2D eigenvalue weighted by molar-refractivity contribution is -0.128. The summed E-state index contributed by atoms with van der Waals surface area (Å²) in [5.41, 5.74) is 1.19. The number of carbonyl (C=O) groups excluding carboxylic acids is 2. The fraction of sp³-hybridized carbons (Fsp3) is 0.368. The normalized spacial score (nSPS) is 21.2. The largest absolute Gasteiger partial charge is 0.374 e. The summed E-state index contributed by atoms with van der Waals surface area (Å²) >= 11 is 0. The second-order valence-corrected chi connectivity index (χ2v) is 5.86. The molecule has 0 aliphatic carbocycles. The second kappa shape index (κ2) is 7.49. The third kappa shape index (κ3) is 3.66. The number of benzene rings is 2. The lowest BCUT2D eigenvalue weighted by atomic mass is 9.93. The molecular weight excluding hydrogens is 290 g/mol. The molecule has 3 rings (SSSR count). The fourth-order valence-electron chi connectivity index (χ4n) is 3.19. The molecule has 1 fully saturated rings. The molecule has 0 spiro atoms. The minimum Gasteiger partial charge on any atom is -0.374 e. The molecule has 1 aliphatic rings. The number of ether oxygens (including phenoxy) is 1. The quantitative estimate of drug-likeness (QED) is 0.832. The van der Waals surface area contributed by atoms with Gasteiger partial charge in [-0.3, -0.25) is 4.79 Å². The van der Waals surface area contributed by atoms with Gasteiger partial charge in [-0.1, -0.05) is 42.5 Å². The summed E-state index contributed by atoms with van der Waals surface area (Å²) in [5.74, 6) is 0.0574. The minimum absolute atomic E-state index is 0.0574. The topological polar surface area (TPSA) is 55.4 Å². The summed E-state index contributed by atoms with van der Waals surface area (Å²) in [7, 11) is 0. The Bertz CT molecular complexity index is 693. The van der Waals surface area contributed by atoms with Crippen LogP contribution in [0.4, 0.5) is 0 Å². The molecule has 2 aromatic carbocycles. The number of carbonyl (C=O) groups is 2. The molecule has 2 unspecified atom stereocenters. The van der Waals surface area contributed by atoms with E-state index in [9.17, 15) is 9.59 Å². The van der Waals surface area contributed by atoms with E-state index in [4.69, 9.17) is 4.74 Å². The van der Waals surface area contributed by atoms with Gasteiger partial charge in [0.05, 0.1) is 18.8 Å². The van der Waals surface area contributed by atoms with Crippen molar-refractivity contribution in [1.29, 1.82) is 0 Å². The SMILES string of the molecule is O=CCCC(=O)C1NCCOC1Cc1cccc2ccccc12. The summed E-state index contributed by atoms with van der Waals surface area (Å²) in [6.07, 6.45) is 1.84. The van der Waals surface area contributed by atoms with Crippen LogP contribution in [0.1, 0.15) is 18.4 Å². The first-order valence-electron chi connectivity index (χ1n) is 8.07. The van der Waals surface area contributed by atoms with E-state index in [0.717, 1.165) is 6.29 Å². The van der Waals surface area contributed by atoms with Gasteiger partial charge in [0.25, 0.3) is 0 Å². The molecule has 2 atom stereocenters. The molecule has 0 saturated carbocycles. The van der Waals surface area contributed by atoms with E-state index in [1.807, 2.05) is 18.2 Å². The first-order chi connectivity index (χ1) is 11.3. The van der Waals surface area contributed by atoms with Gasteiger partial charge < -0.3 is 14.8 Å². The maximum absolute atomic E-state index is 12.3. The number of nitrogens with one attached hydrogen (secondary N) is 1. The molecule has 0 bridgehead atoms. The predicted octanol–water partition coefficient (Wildman–Crippen LogP) is 2.29. The molecule has 1 N–H and O–H groups in total. The Balaban J connectivity index is 1.81. The molecule has 0 radical (unpaired) electrons. The van der Waals surface area contributed by atoms with Crippen molar-refractivity contribution >= 4 is 22.8 Å². The van der Waals surface area contributed by atoms with Crippen LogP contribution in [0.25, 0.3) is 10.8 Å². The standard InChI is InChI=1S/C19H21NO3/c21-11-4-9-17(22)19-18(23-12-10-20-19)13-15-7-3-6-14-5-1-2-8-16(14)15/h1-3,5-8,11,18-20H,4,9-10,12-13H2. The van der Waals surface area contributed by atoms with Crippen LogP contribution in [0, 0.1) is 0 Å². The molecule has 4 heteroatoms. The van der Waals surface area contributed by atoms with Crippen molar-refractivity contribution < 1.29 is 14.3 Å². The number of morpholine rings is 1. The van der Waals surface area contributed by atoms with Crippen molar-refractivity contribution in [2.24, 2.45) is 0 Å². The first-order valence-corrected chi connectivity index (χ1v) is 8.07. The Labute approximate surface area is 135 Å². The number of hydrogen-bond donors (Lipinski definition) is 1. The lowest BCUT2D eigenvalue weighted by Crippen LogP contribution is -2.53. The van der Waals surface area contributed by atoms with Crippen LogP contribution in [-0.2, 0) is 20.7 Å². The highest BCUT2D eigenvalue weighted by atomic mass is 16.5. The molecule has 0 amide bonds. The number of fused-ring (bicyclic) bond motifs is 1. The van der Waals surface area contributed by atoms with Crippen LogP contribution < -0.4 is 5.32 Å². The van der Waals surface area contributed by atoms with E-state index >= 15 is 0 Å². The van der Waals surface area contributed by atoms with Crippen LogP contribution in [0.15, 0.2) is 42.5 Å². The summed E-state index contributed by atoms with van der Waals surface area (Å²) in [6.45, 7) is 1.27. The summed E-state index contributed by atoms with van der Waals surface area (Å²) in [5, 5.41) is 5.65. The number of aldehydes is 1. The Hall–Kier alpha value is -2.04. The molecule has 23 heavy (non-hydrogen) atoms. The van der Waals surface area contributed by atoms with Crippen LogP contribution in [-0.4, -0.2) is 37.4 Å². The van der Waals surface area contributed by atoms with Gasteiger partial charge in [0.15, 0.2) is 5.78 Å². The summed E-state index contributed by atoms with van der Waals surface area (Å²) in [4.78, 5) is 22.8. The molecular formula is C19H21NO3. The van der Waals surface area contributed by atoms with Crippen LogP contribution in [0.2, 0.25) is 0 Å². The molecule has 120 valence electrons. The van der Waals surface area contributed by atoms with Gasteiger partial charge in [-0.25, -0.2) is 0 Å². The van der Waals surface area contributed by atoms with Gasteiger partial charge in [0, 0.05) is 25.8 Å². The summed E-state index contributed by atoms with van der Waals surface area (Å²) in [6, 6.07) is 14.1. The van der Waals surface area contributed by atoms with E-state index in [0.29, 0.717) is 19.6 Å². The van der Waals surface area contributed by atoms with Crippen molar-refractivity contribution in [3.63, 3.8) is 0 Å². The molecule has 2 aromatic rings. The van der Waals surface area contributed by atoms with Crippen molar-refractivity contribution in [3.05, 3.63) is 48.0 Å². The number of Topliss-reactive ketones (excluding diaryl/α,β-unsaturated/α-hetero) is 1. The maximum atomic E-state index is 12.3. The van der Waals surface area contributed by atoms with Crippen LogP contribution >= 0.6 is 0 Å². The molecule has 4 nitrogen and oxygen atoms in total. The Kier molecular flexibility index (Phi) is 5.16. The highest BCUT2D eigenvalue weighted by molar-refractivity contribution is 5.87. The van der Waals surface area contributed by atoms with E-state index in [-0.39, 0.29) is 30.8 Å². The lowest BCUT2D eigenvalue weighted by Gasteiger charge is -2.32. The van der Waals surface area contributed by atoms with E-state index in [2.05, 4.69) is 29.6 Å². The van der Waals surface area contributed by atoms with Gasteiger partial charge in [0.1, 0.15) is 6.29 Å². The molecule has 1 heterocycles. The van der Waals surface area contributed by atoms with Gasteiger partial charge in [0.2, 0.25) is 0 Å². The smallest absolute Gasteiger partial charge is 0.152 e. The van der Waals surface area contributed by atoms with Crippen molar-refractivity contribution in [3.8, 4) is 0 Å². The van der Waals surface area contributed by atoms with Gasteiger partial charge in [-0.2, -0.15) is 0 Å². The summed E-state index contributed by atoms with van der Waals surface area (Å²) < 4.78 is 5.87. The fourth-order valence-corrected chi connectivity index (χ4v) is 3.19. The minimum atomic E-state index is -0.331. The molecule has 0 aromatic heterocycles. The van der Waals surface area contributed by atoms with E-state index in [1.165, 1.54) is 16.3 Å². The van der Waals surface area contributed by atoms with E-state index < -0.39 is 0 Å².